The molecule has 1 unspecified atom stereocenters. The zero-order valence-electron chi connectivity index (χ0n) is 11.9. The summed E-state index contributed by atoms with van der Waals surface area (Å²) in [5, 5.41) is 13.4. The van der Waals surface area contributed by atoms with E-state index in [0.29, 0.717) is 5.69 Å². The SMILES string of the molecule is CSC(C)C(=O)Nc1ccc(CC(=O)NCC(=O)O)cc1. The molecule has 21 heavy (non-hydrogen) atoms. The maximum Gasteiger partial charge on any atom is 0.322 e. The van der Waals surface area contributed by atoms with Gasteiger partial charge in [0, 0.05) is 5.69 Å². The van der Waals surface area contributed by atoms with Gasteiger partial charge in [-0.1, -0.05) is 12.1 Å². The maximum absolute atomic E-state index is 11.7. The lowest BCUT2D eigenvalue weighted by atomic mass is 10.1. The highest BCUT2D eigenvalue weighted by Crippen LogP contribution is 2.13. The lowest BCUT2D eigenvalue weighted by Gasteiger charge is -2.10. The molecule has 0 bridgehead atoms. The Morgan fingerprint density at radius 2 is 1.86 bits per heavy atom. The van der Waals surface area contributed by atoms with Crippen LogP contribution in [0.15, 0.2) is 24.3 Å². The normalized spacial score (nSPS) is 11.5. The van der Waals surface area contributed by atoms with Crippen molar-refractivity contribution in [2.45, 2.75) is 18.6 Å². The Hall–Kier alpha value is -2.02. The molecule has 1 aromatic carbocycles. The Kier molecular flexibility index (Phi) is 6.74. The first-order chi connectivity index (χ1) is 9.92. The van der Waals surface area contributed by atoms with Crippen molar-refractivity contribution in [3.8, 4) is 0 Å². The summed E-state index contributed by atoms with van der Waals surface area (Å²) in [5.41, 5.74) is 1.41. The van der Waals surface area contributed by atoms with E-state index < -0.39 is 5.97 Å². The summed E-state index contributed by atoms with van der Waals surface area (Å²) < 4.78 is 0. The fourth-order valence-corrected chi connectivity index (χ4v) is 1.75. The van der Waals surface area contributed by atoms with Gasteiger partial charge in [0.2, 0.25) is 11.8 Å². The number of thioether (sulfide) groups is 1. The van der Waals surface area contributed by atoms with E-state index in [9.17, 15) is 14.4 Å². The van der Waals surface area contributed by atoms with Gasteiger partial charge in [0.25, 0.3) is 0 Å². The number of carbonyl (C=O) groups is 3. The second-order valence-electron chi connectivity index (χ2n) is 4.41. The molecule has 1 rings (SSSR count). The minimum absolute atomic E-state index is 0.0746. The van der Waals surface area contributed by atoms with Crippen LogP contribution in [0.1, 0.15) is 12.5 Å². The van der Waals surface area contributed by atoms with Gasteiger partial charge in [-0.2, -0.15) is 11.8 Å². The first-order valence-corrected chi connectivity index (χ1v) is 7.62. The first-order valence-electron chi connectivity index (χ1n) is 6.33. The van der Waals surface area contributed by atoms with Gasteiger partial charge in [-0.25, -0.2) is 0 Å². The summed E-state index contributed by atoms with van der Waals surface area (Å²) in [7, 11) is 0. The number of hydrogen-bond acceptors (Lipinski definition) is 4. The number of carbonyl (C=O) groups excluding carboxylic acids is 2. The van der Waals surface area contributed by atoms with Crippen molar-refractivity contribution in [3.05, 3.63) is 29.8 Å². The summed E-state index contributed by atoms with van der Waals surface area (Å²) in [6, 6.07) is 6.87. The molecule has 0 aliphatic carbocycles. The summed E-state index contributed by atoms with van der Waals surface area (Å²) in [6.45, 7) is 1.43. The fraction of sp³-hybridized carbons (Fsp3) is 0.357. The minimum Gasteiger partial charge on any atom is -0.480 e. The number of hydrogen-bond donors (Lipinski definition) is 3. The van der Waals surface area contributed by atoms with Crippen LogP contribution < -0.4 is 10.6 Å². The van der Waals surface area contributed by atoms with Crippen molar-refractivity contribution in [1.82, 2.24) is 5.32 Å². The fourth-order valence-electron chi connectivity index (χ4n) is 1.48. The molecule has 0 saturated heterocycles. The lowest BCUT2D eigenvalue weighted by Crippen LogP contribution is -2.30. The first kappa shape index (κ1) is 17.0. The average molecular weight is 310 g/mol. The van der Waals surface area contributed by atoms with Crippen molar-refractivity contribution < 1.29 is 19.5 Å². The van der Waals surface area contributed by atoms with E-state index in [1.807, 2.05) is 13.2 Å². The zero-order chi connectivity index (χ0) is 15.8. The highest BCUT2D eigenvalue weighted by molar-refractivity contribution is 7.99. The quantitative estimate of drug-likeness (QED) is 0.701. The molecule has 1 aromatic rings. The molecule has 0 aromatic heterocycles. The van der Waals surface area contributed by atoms with E-state index in [-0.39, 0.29) is 30.0 Å². The van der Waals surface area contributed by atoms with Gasteiger partial charge in [-0.05, 0) is 30.9 Å². The smallest absolute Gasteiger partial charge is 0.322 e. The Bertz CT molecular complexity index is 516. The molecular weight excluding hydrogens is 292 g/mol. The average Bonchev–Trinajstić information content (AvgIpc) is 2.46. The van der Waals surface area contributed by atoms with Gasteiger partial charge < -0.3 is 15.7 Å². The number of amides is 2. The molecule has 0 fully saturated rings. The van der Waals surface area contributed by atoms with E-state index in [1.165, 1.54) is 11.8 Å². The molecule has 114 valence electrons. The van der Waals surface area contributed by atoms with Crippen LogP contribution in [-0.2, 0) is 20.8 Å². The molecule has 0 aliphatic rings. The Labute approximate surface area is 127 Å². The largest absolute Gasteiger partial charge is 0.480 e. The van der Waals surface area contributed by atoms with E-state index >= 15 is 0 Å². The number of benzene rings is 1. The van der Waals surface area contributed by atoms with Gasteiger partial charge in [0.1, 0.15) is 6.54 Å². The molecule has 3 N–H and O–H groups in total. The molecule has 0 aliphatic heterocycles. The summed E-state index contributed by atoms with van der Waals surface area (Å²) >= 11 is 1.46. The van der Waals surface area contributed by atoms with E-state index in [0.717, 1.165) is 5.56 Å². The number of carboxylic acid groups (broad SMARTS) is 1. The van der Waals surface area contributed by atoms with Crippen molar-refractivity contribution in [2.75, 3.05) is 18.1 Å². The predicted octanol–water partition coefficient (Wildman–Crippen LogP) is 1.12. The van der Waals surface area contributed by atoms with E-state index in [4.69, 9.17) is 5.11 Å². The molecular formula is C14H18N2O4S. The van der Waals surface area contributed by atoms with E-state index in [1.54, 1.807) is 24.3 Å². The Balaban J connectivity index is 2.52. The lowest BCUT2D eigenvalue weighted by molar-refractivity contribution is -0.137. The predicted molar refractivity (Wildman–Crippen MR) is 82.4 cm³/mol. The van der Waals surface area contributed by atoms with E-state index in [2.05, 4.69) is 10.6 Å². The minimum atomic E-state index is -1.08. The summed E-state index contributed by atoms with van der Waals surface area (Å²) in [5.74, 6) is -1.51. The molecule has 1 atom stereocenters. The molecule has 2 amide bonds. The molecule has 0 saturated carbocycles. The highest BCUT2D eigenvalue weighted by atomic mass is 32.2. The van der Waals surface area contributed by atoms with Crippen LogP contribution in [0.2, 0.25) is 0 Å². The molecule has 0 heterocycles. The summed E-state index contributed by atoms with van der Waals surface area (Å²) in [4.78, 5) is 33.5. The Morgan fingerprint density at radius 3 is 2.38 bits per heavy atom. The zero-order valence-corrected chi connectivity index (χ0v) is 12.7. The van der Waals surface area contributed by atoms with Crippen LogP contribution in [0, 0.1) is 0 Å². The van der Waals surface area contributed by atoms with Crippen molar-refractivity contribution in [3.63, 3.8) is 0 Å². The van der Waals surface area contributed by atoms with Crippen molar-refractivity contribution >= 4 is 35.2 Å². The van der Waals surface area contributed by atoms with Crippen LogP contribution in [0.4, 0.5) is 5.69 Å². The third-order valence-corrected chi connectivity index (χ3v) is 3.67. The molecule has 0 spiro atoms. The van der Waals surface area contributed by atoms with Crippen LogP contribution in [0.3, 0.4) is 0 Å². The Morgan fingerprint density at radius 1 is 1.24 bits per heavy atom. The number of anilines is 1. The summed E-state index contributed by atoms with van der Waals surface area (Å²) in [6.07, 6.45) is 1.96. The van der Waals surface area contributed by atoms with Gasteiger partial charge in [-0.3, -0.25) is 14.4 Å². The molecule has 0 radical (unpaired) electrons. The van der Waals surface area contributed by atoms with Gasteiger partial charge in [0.15, 0.2) is 0 Å². The second-order valence-corrected chi connectivity index (χ2v) is 5.59. The van der Waals surface area contributed by atoms with Crippen molar-refractivity contribution in [2.24, 2.45) is 0 Å². The molecule has 7 heteroatoms. The molecule has 6 nitrogen and oxygen atoms in total. The number of aliphatic carboxylic acids is 1. The van der Waals surface area contributed by atoms with Crippen LogP contribution in [-0.4, -0.2) is 40.9 Å². The van der Waals surface area contributed by atoms with Crippen LogP contribution in [0.5, 0.6) is 0 Å². The van der Waals surface area contributed by atoms with Gasteiger partial charge in [-0.15, -0.1) is 0 Å². The third kappa shape index (κ3) is 6.31. The number of rotatable bonds is 7. The maximum atomic E-state index is 11.7. The monoisotopic (exact) mass is 310 g/mol. The van der Waals surface area contributed by atoms with Crippen LogP contribution >= 0.6 is 11.8 Å². The topological polar surface area (TPSA) is 95.5 Å². The van der Waals surface area contributed by atoms with Crippen LogP contribution in [0.25, 0.3) is 0 Å². The standard InChI is InChI=1S/C14H18N2O4S/c1-9(21-2)14(20)16-11-5-3-10(4-6-11)7-12(17)15-8-13(18)19/h3-6,9H,7-8H2,1-2H3,(H,15,17)(H,16,20)(H,18,19). The van der Waals surface area contributed by atoms with Crippen molar-refractivity contribution in [1.29, 1.82) is 0 Å². The second kappa shape index (κ2) is 8.31. The third-order valence-electron chi connectivity index (χ3n) is 2.75. The number of nitrogens with one attached hydrogen (secondary N) is 2. The number of carboxylic acids is 1. The van der Waals surface area contributed by atoms with Gasteiger partial charge >= 0.3 is 5.97 Å². The van der Waals surface area contributed by atoms with Gasteiger partial charge in [0.05, 0.1) is 11.7 Å². The highest BCUT2D eigenvalue weighted by Gasteiger charge is 2.11.